The molecule has 1 N–H and O–H groups in total. The Morgan fingerprint density at radius 1 is 1.10 bits per heavy atom. The van der Waals surface area contributed by atoms with Gasteiger partial charge in [0, 0.05) is 35.2 Å². The molecule has 1 aliphatic rings. The Morgan fingerprint density at radius 3 is 2.66 bits per heavy atom. The monoisotopic (exact) mass is 571 g/mol. The molecule has 0 radical (unpaired) electrons. The fourth-order valence-corrected chi connectivity index (χ4v) is 5.11. The zero-order valence-electron chi connectivity index (χ0n) is 22.3. The summed E-state index contributed by atoms with van der Waals surface area (Å²) in [6.07, 6.45) is 1.65. The Labute approximate surface area is 241 Å². The molecule has 1 aliphatic heterocycles. The van der Waals surface area contributed by atoms with Gasteiger partial charge in [0.05, 0.1) is 34.9 Å². The van der Waals surface area contributed by atoms with Crippen molar-refractivity contribution < 1.29 is 23.8 Å². The van der Waals surface area contributed by atoms with Crippen LogP contribution >= 0.6 is 11.6 Å². The van der Waals surface area contributed by atoms with Crippen molar-refractivity contribution in [2.24, 2.45) is 0 Å². The van der Waals surface area contributed by atoms with E-state index in [0.29, 0.717) is 29.4 Å². The Morgan fingerprint density at radius 2 is 1.93 bits per heavy atom. The molecule has 1 fully saturated rings. The van der Waals surface area contributed by atoms with E-state index in [1.807, 2.05) is 25.1 Å². The third-order valence-electron chi connectivity index (χ3n) is 7.35. The minimum atomic E-state index is -0.965. The highest BCUT2D eigenvalue weighted by atomic mass is 35.5. The van der Waals surface area contributed by atoms with Gasteiger partial charge in [0.2, 0.25) is 5.88 Å². The maximum absolute atomic E-state index is 14.1. The molecule has 9 heteroatoms. The number of nitrogens with zero attached hydrogens (tertiary/aromatic N) is 3. The summed E-state index contributed by atoms with van der Waals surface area (Å²) < 4.78 is 27.7. The van der Waals surface area contributed by atoms with Gasteiger partial charge in [-0.3, -0.25) is 0 Å². The molecule has 1 saturated heterocycles. The van der Waals surface area contributed by atoms with Crippen LogP contribution in [0.15, 0.2) is 72.8 Å². The van der Waals surface area contributed by atoms with Crippen LogP contribution in [-0.4, -0.2) is 38.3 Å². The van der Waals surface area contributed by atoms with Crippen LogP contribution in [-0.2, 0) is 24.3 Å². The van der Waals surface area contributed by atoms with Crippen LogP contribution in [0.25, 0.3) is 22.3 Å². The van der Waals surface area contributed by atoms with Crippen molar-refractivity contribution in [2.75, 3.05) is 6.61 Å². The maximum atomic E-state index is 14.1. The first-order valence-electron chi connectivity index (χ1n) is 13.3. The van der Waals surface area contributed by atoms with Gasteiger partial charge in [0.15, 0.2) is 0 Å². The summed E-state index contributed by atoms with van der Waals surface area (Å²) in [5, 5.41) is 9.84. The largest absolute Gasteiger partial charge is 0.478 e. The predicted molar refractivity (Wildman–Crippen MR) is 154 cm³/mol. The van der Waals surface area contributed by atoms with E-state index >= 15 is 0 Å². The van der Waals surface area contributed by atoms with Crippen LogP contribution in [0.3, 0.4) is 0 Å². The molecule has 3 aromatic carbocycles. The first-order valence-corrected chi connectivity index (χ1v) is 13.7. The van der Waals surface area contributed by atoms with E-state index < -0.39 is 11.8 Å². The molecule has 0 amide bonds. The number of pyridine rings is 1. The second-order valence-electron chi connectivity index (χ2n) is 10.1. The summed E-state index contributed by atoms with van der Waals surface area (Å²) in [5.74, 6) is -0.133. The standard InChI is InChI=1S/C32H27ClFN3O4/c1-19-13-21(27-3-2-4-31(36-27)41-18-23-7-9-24(33)16-26(23)34)6-5-20(19)15-30-35-28-10-8-22(32(38)39)14-29(28)37(30)17-25-11-12-40-25/h2-10,13-14,16,25H,11-12,15,17-18H2,1H3,(H,38,39). The number of benzene rings is 3. The van der Waals surface area contributed by atoms with Crippen LogP contribution in [0.5, 0.6) is 5.88 Å². The number of carbonyl (C=O) groups is 1. The molecule has 0 spiro atoms. The third-order valence-corrected chi connectivity index (χ3v) is 7.59. The summed E-state index contributed by atoms with van der Waals surface area (Å²) in [6, 6.07) is 21.2. The van der Waals surface area contributed by atoms with Gasteiger partial charge in [0.25, 0.3) is 0 Å². The summed E-state index contributed by atoms with van der Waals surface area (Å²) in [5.41, 5.74) is 6.03. The molecule has 5 aromatic rings. The molecule has 0 saturated carbocycles. The number of carboxylic acid groups (broad SMARTS) is 1. The number of aryl methyl sites for hydroxylation is 1. The second-order valence-corrected chi connectivity index (χ2v) is 10.6. The number of halogens is 2. The summed E-state index contributed by atoms with van der Waals surface area (Å²) in [7, 11) is 0. The zero-order chi connectivity index (χ0) is 28.5. The van der Waals surface area contributed by atoms with Gasteiger partial charge in [-0.15, -0.1) is 0 Å². The van der Waals surface area contributed by atoms with Gasteiger partial charge in [-0.2, -0.15) is 0 Å². The Balaban J connectivity index is 1.24. The predicted octanol–water partition coefficient (Wildman–Crippen LogP) is 6.86. The van der Waals surface area contributed by atoms with Gasteiger partial charge in [-0.25, -0.2) is 19.2 Å². The highest BCUT2D eigenvalue weighted by Crippen LogP contribution is 2.27. The topological polar surface area (TPSA) is 86.5 Å². The molecule has 2 aromatic heterocycles. The van der Waals surface area contributed by atoms with Crippen LogP contribution in [0.1, 0.15) is 39.3 Å². The summed E-state index contributed by atoms with van der Waals surface area (Å²) in [6.45, 7) is 3.46. The number of ether oxygens (including phenoxy) is 2. The molecular weight excluding hydrogens is 545 g/mol. The van der Waals surface area contributed by atoms with Crippen molar-refractivity contribution in [2.45, 2.75) is 39.0 Å². The van der Waals surface area contributed by atoms with E-state index in [0.717, 1.165) is 52.3 Å². The number of fused-ring (bicyclic) bond motifs is 1. The van der Waals surface area contributed by atoms with E-state index in [9.17, 15) is 14.3 Å². The Kier molecular flexibility index (Phi) is 7.43. The molecule has 7 nitrogen and oxygen atoms in total. The van der Waals surface area contributed by atoms with Crippen molar-refractivity contribution in [3.05, 3.63) is 112 Å². The third kappa shape index (κ3) is 5.80. The number of hydrogen-bond acceptors (Lipinski definition) is 5. The highest BCUT2D eigenvalue weighted by Gasteiger charge is 2.23. The number of aromatic nitrogens is 3. The minimum absolute atomic E-state index is 0.0400. The molecular formula is C32H27ClFN3O4. The summed E-state index contributed by atoms with van der Waals surface area (Å²) >= 11 is 5.84. The first-order chi connectivity index (χ1) is 19.8. The molecule has 6 rings (SSSR count). The summed E-state index contributed by atoms with van der Waals surface area (Å²) in [4.78, 5) is 21.1. The molecule has 1 atom stereocenters. The van der Waals surface area contributed by atoms with E-state index in [2.05, 4.69) is 21.7 Å². The molecule has 208 valence electrons. The van der Waals surface area contributed by atoms with Gasteiger partial charge in [0.1, 0.15) is 18.2 Å². The number of hydrogen-bond donors (Lipinski definition) is 1. The van der Waals surface area contributed by atoms with Crippen molar-refractivity contribution in [1.29, 1.82) is 0 Å². The quantitative estimate of drug-likeness (QED) is 0.208. The Hall–Kier alpha value is -4.27. The smallest absolute Gasteiger partial charge is 0.335 e. The molecule has 0 bridgehead atoms. The lowest BCUT2D eigenvalue weighted by Gasteiger charge is -2.27. The highest BCUT2D eigenvalue weighted by molar-refractivity contribution is 6.30. The minimum Gasteiger partial charge on any atom is -0.478 e. The SMILES string of the molecule is Cc1cc(-c2cccc(OCc3ccc(Cl)cc3F)n2)ccc1Cc1nc2ccc(C(=O)O)cc2n1CC1CCO1. The maximum Gasteiger partial charge on any atom is 0.335 e. The van der Waals surface area contributed by atoms with Gasteiger partial charge in [-0.1, -0.05) is 35.9 Å². The van der Waals surface area contributed by atoms with E-state index in [4.69, 9.17) is 26.1 Å². The normalized spacial score (nSPS) is 14.7. The molecule has 41 heavy (non-hydrogen) atoms. The Bertz CT molecular complexity index is 1770. The molecule has 3 heterocycles. The van der Waals surface area contributed by atoms with Crippen molar-refractivity contribution >= 4 is 28.6 Å². The van der Waals surface area contributed by atoms with E-state index in [1.54, 1.807) is 36.4 Å². The van der Waals surface area contributed by atoms with Crippen molar-refractivity contribution in [1.82, 2.24) is 14.5 Å². The fraction of sp³-hybridized carbons (Fsp3) is 0.219. The van der Waals surface area contributed by atoms with Gasteiger partial charge >= 0.3 is 5.97 Å². The first kappa shape index (κ1) is 26.9. The number of carboxylic acids is 1. The second kappa shape index (κ2) is 11.3. The molecule has 1 unspecified atom stereocenters. The average Bonchev–Trinajstić information content (AvgIpc) is 3.27. The lowest BCUT2D eigenvalue weighted by Crippen LogP contribution is -2.31. The van der Waals surface area contributed by atoms with E-state index in [1.165, 1.54) is 6.07 Å². The van der Waals surface area contributed by atoms with Crippen LogP contribution in [0.2, 0.25) is 5.02 Å². The fourth-order valence-electron chi connectivity index (χ4n) is 4.95. The number of rotatable bonds is 9. The average molecular weight is 572 g/mol. The van der Waals surface area contributed by atoms with Crippen LogP contribution in [0.4, 0.5) is 4.39 Å². The van der Waals surface area contributed by atoms with E-state index in [-0.39, 0.29) is 18.3 Å². The van der Waals surface area contributed by atoms with Gasteiger partial charge < -0.3 is 19.1 Å². The number of imidazole rings is 1. The molecule has 0 aliphatic carbocycles. The number of aromatic carboxylic acids is 1. The van der Waals surface area contributed by atoms with Crippen LogP contribution < -0.4 is 4.74 Å². The van der Waals surface area contributed by atoms with Crippen molar-refractivity contribution in [3.63, 3.8) is 0 Å². The lowest BCUT2D eigenvalue weighted by atomic mass is 10.0. The van der Waals surface area contributed by atoms with Crippen LogP contribution in [0, 0.1) is 12.7 Å². The van der Waals surface area contributed by atoms with Gasteiger partial charge in [-0.05, 0) is 66.9 Å². The zero-order valence-corrected chi connectivity index (χ0v) is 23.1. The van der Waals surface area contributed by atoms with Crippen molar-refractivity contribution in [3.8, 4) is 17.1 Å². The lowest BCUT2D eigenvalue weighted by molar-refractivity contribution is -0.0589.